The first-order valence-corrected chi connectivity index (χ1v) is 6.92. The number of aliphatic carboxylic acids is 1. The lowest BCUT2D eigenvalue weighted by atomic mass is 10.1. The molecule has 1 aromatic carbocycles. The summed E-state index contributed by atoms with van der Waals surface area (Å²) in [6.07, 6.45) is 6.89. The summed E-state index contributed by atoms with van der Waals surface area (Å²) in [4.78, 5) is 13.1. The minimum Gasteiger partial charge on any atom is -0.478 e. The van der Waals surface area contributed by atoms with Crippen LogP contribution in [-0.2, 0) is 4.79 Å². The molecule has 1 saturated carbocycles. The van der Waals surface area contributed by atoms with Crippen molar-refractivity contribution in [2.24, 2.45) is 5.92 Å². The van der Waals surface area contributed by atoms with Gasteiger partial charge in [0.15, 0.2) is 0 Å². The van der Waals surface area contributed by atoms with E-state index in [0.29, 0.717) is 0 Å². The maximum atomic E-state index is 10.5. The normalized spacial score (nSPS) is 25.4. The van der Waals surface area contributed by atoms with Crippen LogP contribution in [0, 0.1) is 12.8 Å². The maximum absolute atomic E-state index is 10.5. The highest BCUT2D eigenvalue weighted by Crippen LogP contribution is 2.41. The van der Waals surface area contributed by atoms with E-state index in [9.17, 15) is 4.79 Å². The van der Waals surface area contributed by atoms with Crippen LogP contribution >= 0.6 is 0 Å². The van der Waals surface area contributed by atoms with Crippen LogP contribution in [-0.4, -0.2) is 23.7 Å². The number of hydrogen-bond acceptors (Lipinski definition) is 2. The summed E-state index contributed by atoms with van der Waals surface area (Å²) < 4.78 is 0. The van der Waals surface area contributed by atoms with Gasteiger partial charge in [-0.2, -0.15) is 0 Å². The quantitative estimate of drug-likeness (QED) is 0.846. The Morgan fingerprint density at radius 1 is 1.42 bits per heavy atom. The van der Waals surface area contributed by atoms with Crippen LogP contribution in [0.5, 0.6) is 0 Å². The Balaban J connectivity index is 1.82. The SMILES string of the molecule is Cc1cc(C=CC(=O)O)ccc1N1CC2CCC1C2. The van der Waals surface area contributed by atoms with Crippen molar-refractivity contribution in [3.63, 3.8) is 0 Å². The van der Waals surface area contributed by atoms with Crippen LogP contribution in [0.15, 0.2) is 24.3 Å². The van der Waals surface area contributed by atoms with E-state index in [4.69, 9.17) is 5.11 Å². The molecule has 1 saturated heterocycles. The topological polar surface area (TPSA) is 40.5 Å². The molecule has 1 heterocycles. The summed E-state index contributed by atoms with van der Waals surface area (Å²) in [6, 6.07) is 6.94. The van der Waals surface area contributed by atoms with Crippen molar-refractivity contribution in [2.45, 2.75) is 32.2 Å². The van der Waals surface area contributed by atoms with Gasteiger partial charge in [0.05, 0.1) is 0 Å². The number of carboxylic acid groups (broad SMARTS) is 1. The Morgan fingerprint density at radius 3 is 2.84 bits per heavy atom. The van der Waals surface area contributed by atoms with Gasteiger partial charge in [0.25, 0.3) is 0 Å². The van der Waals surface area contributed by atoms with E-state index in [-0.39, 0.29) is 0 Å². The number of rotatable bonds is 3. The first-order chi connectivity index (χ1) is 9.13. The molecular formula is C16H19NO2. The van der Waals surface area contributed by atoms with Crippen LogP contribution in [0.25, 0.3) is 6.08 Å². The van der Waals surface area contributed by atoms with E-state index in [1.54, 1.807) is 6.08 Å². The van der Waals surface area contributed by atoms with E-state index in [1.807, 2.05) is 6.07 Å². The lowest BCUT2D eigenvalue weighted by molar-refractivity contribution is -0.131. The van der Waals surface area contributed by atoms with Gasteiger partial charge in [-0.25, -0.2) is 4.79 Å². The number of carbonyl (C=O) groups is 1. The Kier molecular flexibility index (Phi) is 3.05. The molecule has 1 aliphatic carbocycles. The van der Waals surface area contributed by atoms with Crippen LogP contribution in [0.4, 0.5) is 5.69 Å². The third kappa shape index (κ3) is 2.37. The van der Waals surface area contributed by atoms with E-state index in [2.05, 4.69) is 24.0 Å². The second kappa shape index (κ2) is 4.72. The second-order valence-electron chi connectivity index (χ2n) is 5.70. The van der Waals surface area contributed by atoms with Gasteiger partial charge in [-0.1, -0.05) is 6.07 Å². The molecule has 3 rings (SSSR count). The maximum Gasteiger partial charge on any atom is 0.328 e. The summed E-state index contributed by atoms with van der Waals surface area (Å²) in [5.74, 6) is -0.0189. The van der Waals surface area contributed by atoms with Crippen LogP contribution in [0.3, 0.4) is 0 Å². The van der Waals surface area contributed by atoms with Gasteiger partial charge in [0.1, 0.15) is 0 Å². The molecule has 2 bridgehead atoms. The highest BCUT2D eigenvalue weighted by molar-refractivity contribution is 5.85. The number of piperidine rings is 1. The fourth-order valence-corrected chi connectivity index (χ4v) is 3.49. The third-order valence-corrected chi connectivity index (χ3v) is 4.36. The zero-order chi connectivity index (χ0) is 13.4. The van der Waals surface area contributed by atoms with E-state index < -0.39 is 5.97 Å². The fraction of sp³-hybridized carbons (Fsp3) is 0.438. The van der Waals surface area contributed by atoms with Crippen molar-refractivity contribution in [1.29, 1.82) is 0 Å². The average molecular weight is 257 g/mol. The number of carboxylic acids is 1. The van der Waals surface area contributed by atoms with Gasteiger partial charge in [-0.3, -0.25) is 0 Å². The molecule has 2 fully saturated rings. The van der Waals surface area contributed by atoms with Crippen molar-refractivity contribution in [1.82, 2.24) is 0 Å². The van der Waals surface area contributed by atoms with Crippen molar-refractivity contribution in [3.8, 4) is 0 Å². The Morgan fingerprint density at radius 2 is 2.26 bits per heavy atom. The molecule has 0 spiro atoms. The molecule has 2 aliphatic rings. The van der Waals surface area contributed by atoms with Gasteiger partial charge < -0.3 is 10.0 Å². The summed E-state index contributed by atoms with van der Waals surface area (Å²) in [5, 5.41) is 8.65. The zero-order valence-electron chi connectivity index (χ0n) is 11.2. The highest BCUT2D eigenvalue weighted by Gasteiger charge is 2.38. The minimum atomic E-state index is -0.904. The average Bonchev–Trinajstić information content (AvgIpc) is 2.98. The Bertz CT molecular complexity index is 536. The smallest absolute Gasteiger partial charge is 0.328 e. The van der Waals surface area contributed by atoms with Crippen molar-refractivity contribution in [3.05, 3.63) is 35.4 Å². The largest absolute Gasteiger partial charge is 0.478 e. The number of benzene rings is 1. The van der Waals surface area contributed by atoms with Gasteiger partial charge in [-0.15, -0.1) is 0 Å². The van der Waals surface area contributed by atoms with Gasteiger partial charge in [0, 0.05) is 24.4 Å². The highest BCUT2D eigenvalue weighted by atomic mass is 16.4. The lowest BCUT2D eigenvalue weighted by Gasteiger charge is -2.30. The number of aryl methyl sites for hydroxylation is 1. The standard InChI is InChI=1S/C16H19NO2/c1-11-8-12(4-7-16(18)19)3-6-15(11)17-10-13-2-5-14(17)9-13/h3-4,6-8,13-14H,2,5,9-10H2,1H3,(H,18,19). The van der Waals surface area contributed by atoms with Gasteiger partial charge in [0.2, 0.25) is 0 Å². The molecule has 2 unspecified atom stereocenters. The van der Waals surface area contributed by atoms with Crippen LogP contribution in [0.2, 0.25) is 0 Å². The molecule has 0 radical (unpaired) electrons. The third-order valence-electron chi connectivity index (χ3n) is 4.36. The predicted molar refractivity (Wildman–Crippen MR) is 76.3 cm³/mol. The Labute approximate surface area is 113 Å². The molecule has 3 nitrogen and oxygen atoms in total. The monoisotopic (exact) mass is 257 g/mol. The van der Waals surface area contributed by atoms with Crippen molar-refractivity contribution in [2.75, 3.05) is 11.4 Å². The second-order valence-corrected chi connectivity index (χ2v) is 5.70. The number of nitrogens with zero attached hydrogens (tertiary/aromatic N) is 1. The minimum absolute atomic E-state index is 0.726. The van der Waals surface area contributed by atoms with E-state index in [1.165, 1.54) is 43.1 Å². The van der Waals surface area contributed by atoms with Crippen LogP contribution < -0.4 is 4.90 Å². The summed E-state index contributed by atoms with van der Waals surface area (Å²) in [5.41, 5.74) is 3.51. The summed E-state index contributed by atoms with van der Waals surface area (Å²) in [7, 11) is 0. The summed E-state index contributed by atoms with van der Waals surface area (Å²) >= 11 is 0. The summed E-state index contributed by atoms with van der Waals surface area (Å²) in [6.45, 7) is 3.30. The molecule has 0 aromatic heterocycles. The predicted octanol–water partition coefficient (Wildman–Crippen LogP) is 3.08. The first kappa shape index (κ1) is 12.3. The number of hydrogen-bond donors (Lipinski definition) is 1. The van der Waals surface area contributed by atoms with Crippen LogP contribution in [0.1, 0.15) is 30.4 Å². The molecule has 3 heteroatoms. The molecule has 1 aliphatic heterocycles. The zero-order valence-corrected chi connectivity index (χ0v) is 11.2. The van der Waals surface area contributed by atoms with Crippen molar-refractivity contribution >= 4 is 17.7 Å². The molecule has 2 atom stereocenters. The molecule has 1 N–H and O–H groups in total. The van der Waals surface area contributed by atoms with Gasteiger partial charge in [-0.05, 0) is 61.4 Å². The first-order valence-electron chi connectivity index (χ1n) is 6.92. The molecular weight excluding hydrogens is 238 g/mol. The van der Waals surface area contributed by atoms with E-state index >= 15 is 0 Å². The van der Waals surface area contributed by atoms with E-state index in [0.717, 1.165) is 17.5 Å². The van der Waals surface area contributed by atoms with Crippen molar-refractivity contribution < 1.29 is 9.90 Å². The molecule has 1 aromatic rings. The lowest BCUT2D eigenvalue weighted by Crippen LogP contribution is -2.32. The molecule has 100 valence electrons. The Hall–Kier alpha value is -1.77. The van der Waals surface area contributed by atoms with Gasteiger partial charge >= 0.3 is 5.97 Å². The molecule has 0 amide bonds. The molecule has 19 heavy (non-hydrogen) atoms. The fourth-order valence-electron chi connectivity index (χ4n) is 3.49. The number of fused-ring (bicyclic) bond motifs is 2. The number of anilines is 1.